The molecular weight excluding hydrogens is 180 g/mol. The van der Waals surface area contributed by atoms with Crippen molar-refractivity contribution in [1.82, 2.24) is 0 Å². The molecule has 0 aliphatic rings. The van der Waals surface area contributed by atoms with Gasteiger partial charge in [0.15, 0.2) is 0 Å². The molecule has 0 saturated heterocycles. The Bertz CT molecular complexity index is 230. The van der Waals surface area contributed by atoms with Crippen molar-refractivity contribution in [3.63, 3.8) is 0 Å². The first-order valence-corrected chi connectivity index (χ1v) is 6.18. The predicted octanol–water partition coefficient (Wildman–Crippen LogP) is 5.28. The Morgan fingerprint density at radius 1 is 1.13 bits per heavy atom. The van der Waals surface area contributed by atoms with Crippen molar-refractivity contribution < 1.29 is 0 Å². The van der Waals surface area contributed by atoms with E-state index in [1.165, 1.54) is 24.0 Å². The second kappa shape index (κ2) is 8.52. The van der Waals surface area contributed by atoms with E-state index in [2.05, 4.69) is 52.5 Å². The zero-order valence-electron chi connectivity index (χ0n) is 10.8. The Morgan fingerprint density at radius 2 is 1.80 bits per heavy atom. The highest BCUT2D eigenvalue weighted by Gasteiger charge is 2.06. The van der Waals surface area contributed by atoms with E-state index in [1.54, 1.807) is 0 Å². The van der Waals surface area contributed by atoms with Crippen LogP contribution >= 0.6 is 0 Å². The SMILES string of the molecule is C=CC(CCC)/C(=C/C=C(/C)CC)CC. The van der Waals surface area contributed by atoms with Gasteiger partial charge in [0.2, 0.25) is 0 Å². The third-order valence-electron chi connectivity index (χ3n) is 2.91. The maximum Gasteiger partial charge on any atom is -0.00230 e. The molecule has 1 unspecified atom stereocenters. The highest BCUT2D eigenvalue weighted by atomic mass is 14.1. The van der Waals surface area contributed by atoms with E-state index in [4.69, 9.17) is 0 Å². The van der Waals surface area contributed by atoms with Crippen LogP contribution in [0.25, 0.3) is 0 Å². The molecule has 86 valence electrons. The highest BCUT2D eigenvalue weighted by Crippen LogP contribution is 2.21. The van der Waals surface area contributed by atoms with Gasteiger partial charge in [-0.15, -0.1) is 6.58 Å². The molecule has 0 saturated carbocycles. The molecule has 0 fully saturated rings. The van der Waals surface area contributed by atoms with Crippen LogP contribution in [0.5, 0.6) is 0 Å². The summed E-state index contributed by atoms with van der Waals surface area (Å²) in [4.78, 5) is 0. The van der Waals surface area contributed by atoms with Gasteiger partial charge in [0.05, 0.1) is 0 Å². The molecule has 0 spiro atoms. The molecule has 15 heavy (non-hydrogen) atoms. The van der Waals surface area contributed by atoms with E-state index in [1.807, 2.05) is 0 Å². The van der Waals surface area contributed by atoms with Gasteiger partial charge < -0.3 is 0 Å². The second-order valence-electron chi connectivity index (χ2n) is 4.09. The minimum Gasteiger partial charge on any atom is -0.102 e. The summed E-state index contributed by atoms with van der Waals surface area (Å²) >= 11 is 0. The average molecular weight is 206 g/mol. The molecule has 0 aromatic heterocycles. The number of hydrogen-bond donors (Lipinski definition) is 0. The lowest BCUT2D eigenvalue weighted by molar-refractivity contribution is 0.641. The van der Waals surface area contributed by atoms with Gasteiger partial charge in [0.1, 0.15) is 0 Å². The van der Waals surface area contributed by atoms with Gasteiger partial charge in [-0.2, -0.15) is 0 Å². The van der Waals surface area contributed by atoms with Gasteiger partial charge in [-0.3, -0.25) is 0 Å². The Labute approximate surface area is 95.8 Å². The molecule has 0 aromatic carbocycles. The largest absolute Gasteiger partial charge is 0.102 e. The third kappa shape index (κ3) is 5.61. The Morgan fingerprint density at radius 3 is 2.20 bits per heavy atom. The van der Waals surface area contributed by atoms with Crippen LogP contribution in [0.1, 0.15) is 53.4 Å². The first-order valence-electron chi connectivity index (χ1n) is 6.18. The lowest BCUT2D eigenvalue weighted by Gasteiger charge is -2.14. The van der Waals surface area contributed by atoms with Crippen molar-refractivity contribution in [2.75, 3.05) is 0 Å². The van der Waals surface area contributed by atoms with Gasteiger partial charge in [-0.1, -0.05) is 56.6 Å². The average Bonchev–Trinajstić information content (AvgIpc) is 2.27. The van der Waals surface area contributed by atoms with Gasteiger partial charge in [0, 0.05) is 0 Å². The van der Waals surface area contributed by atoms with Crippen LogP contribution in [0.2, 0.25) is 0 Å². The summed E-state index contributed by atoms with van der Waals surface area (Å²) in [5.74, 6) is 0.570. The standard InChI is InChI=1S/C15H26/c1-6-10-14(8-3)15(9-4)12-11-13(5)7-2/h8,11-12,14H,3,6-7,9-10H2,1-2,4-5H3/b13-11-,15-12+. The molecular formula is C15H26. The zero-order chi connectivity index (χ0) is 11.7. The van der Waals surface area contributed by atoms with E-state index in [9.17, 15) is 0 Å². The molecule has 0 rings (SSSR count). The van der Waals surface area contributed by atoms with Crippen LogP contribution in [-0.4, -0.2) is 0 Å². The maximum absolute atomic E-state index is 3.93. The molecule has 0 aromatic rings. The van der Waals surface area contributed by atoms with Gasteiger partial charge >= 0.3 is 0 Å². The molecule has 0 radical (unpaired) electrons. The molecule has 0 nitrogen and oxygen atoms in total. The minimum atomic E-state index is 0.570. The van der Waals surface area contributed by atoms with Crippen LogP contribution < -0.4 is 0 Å². The lowest BCUT2D eigenvalue weighted by atomic mass is 9.92. The monoisotopic (exact) mass is 206 g/mol. The Hall–Kier alpha value is -0.780. The molecule has 0 aliphatic heterocycles. The number of rotatable bonds is 7. The topological polar surface area (TPSA) is 0 Å². The van der Waals surface area contributed by atoms with Crippen LogP contribution in [-0.2, 0) is 0 Å². The summed E-state index contributed by atoms with van der Waals surface area (Å²) in [6, 6.07) is 0. The second-order valence-corrected chi connectivity index (χ2v) is 4.09. The van der Waals surface area contributed by atoms with Crippen molar-refractivity contribution in [1.29, 1.82) is 0 Å². The number of allylic oxidation sites excluding steroid dienone is 5. The van der Waals surface area contributed by atoms with Crippen molar-refractivity contribution in [2.24, 2.45) is 5.92 Å². The first-order chi connectivity index (χ1) is 7.19. The van der Waals surface area contributed by atoms with Crippen LogP contribution in [0.3, 0.4) is 0 Å². The zero-order valence-corrected chi connectivity index (χ0v) is 10.8. The molecule has 0 aliphatic carbocycles. The molecule has 0 heteroatoms. The van der Waals surface area contributed by atoms with Crippen LogP contribution in [0.4, 0.5) is 0 Å². The van der Waals surface area contributed by atoms with Crippen molar-refractivity contribution >= 4 is 0 Å². The maximum atomic E-state index is 3.93. The summed E-state index contributed by atoms with van der Waals surface area (Å²) in [7, 11) is 0. The van der Waals surface area contributed by atoms with Gasteiger partial charge in [-0.05, 0) is 32.1 Å². The number of hydrogen-bond acceptors (Lipinski definition) is 0. The predicted molar refractivity (Wildman–Crippen MR) is 71.0 cm³/mol. The fraction of sp³-hybridized carbons (Fsp3) is 0.600. The van der Waals surface area contributed by atoms with Crippen molar-refractivity contribution in [3.8, 4) is 0 Å². The van der Waals surface area contributed by atoms with E-state index < -0.39 is 0 Å². The van der Waals surface area contributed by atoms with E-state index in [-0.39, 0.29) is 0 Å². The van der Waals surface area contributed by atoms with Crippen molar-refractivity contribution in [3.05, 3.63) is 36.0 Å². The molecule has 0 amide bonds. The molecule has 0 N–H and O–H groups in total. The van der Waals surface area contributed by atoms with E-state index in [0.29, 0.717) is 5.92 Å². The van der Waals surface area contributed by atoms with E-state index >= 15 is 0 Å². The molecule has 0 heterocycles. The summed E-state index contributed by atoms with van der Waals surface area (Å²) in [6.45, 7) is 12.8. The lowest BCUT2D eigenvalue weighted by Crippen LogP contribution is -1.99. The highest BCUT2D eigenvalue weighted by molar-refractivity contribution is 5.21. The fourth-order valence-corrected chi connectivity index (χ4v) is 1.64. The summed E-state index contributed by atoms with van der Waals surface area (Å²) < 4.78 is 0. The Balaban J connectivity index is 4.63. The molecule has 1 atom stereocenters. The summed E-state index contributed by atoms with van der Waals surface area (Å²) in [5, 5.41) is 0. The van der Waals surface area contributed by atoms with Gasteiger partial charge in [-0.25, -0.2) is 0 Å². The van der Waals surface area contributed by atoms with Crippen LogP contribution in [0.15, 0.2) is 36.0 Å². The molecule has 0 bridgehead atoms. The normalized spacial score (nSPS) is 15.2. The summed E-state index contributed by atoms with van der Waals surface area (Å²) in [5.41, 5.74) is 2.96. The Kier molecular flexibility index (Phi) is 8.08. The van der Waals surface area contributed by atoms with Crippen molar-refractivity contribution in [2.45, 2.75) is 53.4 Å². The quantitative estimate of drug-likeness (QED) is 0.392. The minimum absolute atomic E-state index is 0.570. The first kappa shape index (κ1) is 14.2. The van der Waals surface area contributed by atoms with E-state index in [0.717, 1.165) is 12.8 Å². The fourth-order valence-electron chi connectivity index (χ4n) is 1.64. The smallest absolute Gasteiger partial charge is 0.00230 e. The van der Waals surface area contributed by atoms with Crippen LogP contribution in [0, 0.1) is 5.92 Å². The third-order valence-corrected chi connectivity index (χ3v) is 2.91. The summed E-state index contributed by atoms with van der Waals surface area (Å²) in [6.07, 6.45) is 11.4. The van der Waals surface area contributed by atoms with Gasteiger partial charge in [0.25, 0.3) is 0 Å².